The fourth-order valence-electron chi connectivity index (χ4n) is 11.7. The van der Waals surface area contributed by atoms with E-state index in [-0.39, 0.29) is 6.71 Å². The van der Waals surface area contributed by atoms with Gasteiger partial charge in [-0.1, -0.05) is 170 Å². The Labute approximate surface area is 419 Å². The van der Waals surface area contributed by atoms with Crippen molar-refractivity contribution in [3.63, 3.8) is 0 Å². The minimum atomic E-state index is -0.0142. The van der Waals surface area contributed by atoms with Gasteiger partial charge in [0.15, 0.2) is 0 Å². The summed E-state index contributed by atoms with van der Waals surface area (Å²) in [6.45, 7) is -0.0142. The first-order chi connectivity index (χ1) is 34.8. The summed E-state index contributed by atoms with van der Waals surface area (Å²) in [5.74, 6) is 0. The quantitative estimate of drug-likeness (QED) is 0.159. The molecule has 326 valence electrons. The second kappa shape index (κ2) is 14.9. The lowest BCUT2D eigenvalue weighted by Crippen LogP contribution is -2.59. The van der Waals surface area contributed by atoms with E-state index in [0.717, 1.165) is 5.69 Å². The number of thiophene rings is 4. The van der Waals surface area contributed by atoms with E-state index in [9.17, 15) is 0 Å². The molecule has 7 heterocycles. The van der Waals surface area contributed by atoms with Crippen molar-refractivity contribution in [2.45, 2.75) is 0 Å². The van der Waals surface area contributed by atoms with Gasteiger partial charge in [0.1, 0.15) is 0 Å². The molecule has 14 aromatic rings. The van der Waals surface area contributed by atoms with Crippen LogP contribution in [-0.2, 0) is 0 Å². The van der Waals surface area contributed by atoms with Gasteiger partial charge >= 0.3 is 0 Å². The van der Waals surface area contributed by atoms with E-state index >= 15 is 0 Å². The lowest BCUT2D eigenvalue weighted by Gasteiger charge is -2.42. The zero-order valence-corrected chi connectivity index (χ0v) is 40.6. The smallest absolute Gasteiger partial charge is 0.277 e. The van der Waals surface area contributed by atoms with E-state index in [0.29, 0.717) is 0 Å². The molecule has 0 spiro atoms. The Balaban J connectivity index is 1.13. The predicted molar refractivity (Wildman–Crippen MR) is 307 cm³/mol. The molecule has 0 amide bonds. The fraction of sp³-hybridized carbons (Fsp3) is 0. The number of fused-ring (bicyclic) bond motifs is 13. The van der Waals surface area contributed by atoms with Gasteiger partial charge < -0.3 is 14.4 Å². The largest absolute Gasteiger partial charge is 0.309 e. The van der Waals surface area contributed by atoms with Gasteiger partial charge in [-0.05, 0) is 65.1 Å². The Hall–Kier alpha value is -7.72. The molecule has 70 heavy (non-hydrogen) atoms. The lowest BCUT2D eigenvalue weighted by atomic mass is 9.39. The summed E-state index contributed by atoms with van der Waals surface area (Å²) >= 11 is 7.75. The van der Waals surface area contributed by atoms with Crippen molar-refractivity contribution in [1.29, 1.82) is 0 Å². The van der Waals surface area contributed by atoms with Crippen molar-refractivity contribution in [3.05, 3.63) is 218 Å². The van der Waals surface area contributed by atoms with Crippen molar-refractivity contribution in [2.75, 3.05) is 9.80 Å². The summed E-state index contributed by atoms with van der Waals surface area (Å²) < 4.78 is 10.5. The lowest BCUT2D eigenvalue weighted by molar-refractivity contribution is 1.17. The summed E-state index contributed by atoms with van der Waals surface area (Å²) in [6.07, 6.45) is 0. The summed E-state index contributed by atoms with van der Waals surface area (Å²) in [7, 11) is 0. The molecule has 0 unspecified atom stereocenters. The second-order valence-corrected chi connectivity index (χ2v) is 22.5. The molecule has 0 saturated heterocycles. The van der Waals surface area contributed by atoms with Gasteiger partial charge in [-0.25, -0.2) is 0 Å². The molecule has 8 heteroatoms. The molecule has 2 aliphatic heterocycles. The third-order valence-electron chi connectivity index (χ3n) is 14.6. The third kappa shape index (κ3) is 5.39. The summed E-state index contributed by atoms with van der Waals surface area (Å²) in [4.78, 5) is 7.95. The number of benzene rings is 9. The monoisotopic (exact) mass is 961 g/mol. The Bertz CT molecular complexity index is 4180. The van der Waals surface area contributed by atoms with Crippen LogP contribution in [-0.4, -0.2) is 11.3 Å². The van der Waals surface area contributed by atoms with Crippen LogP contribution in [0.25, 0.3) is 88.7 Å². The molecular formula is C62H36BN3S4. The normalized spacial score (nSPS) is 13.1. The minimum Gasteiger partial charge on any atom is -0.309 e. The summed E-state index contributed by atoms with van der Waals surface area (Å²) in [5, 5.41) is 7.58. The molecule has 0 atom stereocenters. The van der Waals surface area contributed by atoms with E-state index in [1.165, 1.54) is 132 Å². The van der Waals surface area contributed by atoms with Gasteiger partial charge in [0.05, 0.1) is 49.2 Å². The number of hydrogen-bond donors (Lipinski definition) is 0. The maximum Gasteiger partial charge on any atom is 0.277 e. The molecule has 5 aromatic heterocycles. The van der Waals surface area contributed by atoms with Gasteiger partial charge in [-0.15, -0.1) is 45.3 Å². The van der Waals surface area contributed by atoms with E-state index in [4.69, 9.17) is 0 Å². The van der Waals surface area contributed by atoms with E-state index in [2.05, 4.69) is 233 Å². The van der Waals surface area contributed by atoms with Crippen LogP contribution in [0.5, 0.6) is 0 Å². The molecular weight excluding hydrogens is 926 g/mol. The van der Waals surface area contributed by atoms with Gasteiger partial charge in [0.25, 0.3) is 6.71 Å². The molecule has 0 aliphatic carbocycles. The average molecular weight is 962 g/mol. The molecule has 16 rings (SSSR count). The van der Waals surface area contributed by atoms with Crippen molar-refractivity contribution in [3.8, 4) is 26.6 Å². The van der Waals surface area contributed by atoms with E-state index < -0.39 is 0 Å². The van der Waals surface area contributed by atoms with E-state index in [1.807, 2.05) is 45.3 Å². The van der Waals surface area contributed by atoms with Gasteiger partial charge in [0, 0.05) is 72.0 Å². The average Bonchev–Trinajstić information content (AvgIpc) is 4.26. The van der Waals surface area contributed by atoms with Crippen molar-refractivity contribution in [2.24, 2.45) is 0 Å². The van der Waals surface area contributed by atoms with Crippen LogP contribution < -0.4 is 24.8 Å². The molecule has 0 radical (unpaired) electrons. The van der Waals surface area contributed by atoms with Crippen LogP contribution in [0.15, 0.2) is 218 Å². The van der Waals surface area contributed by atoms with Crippen LogP contribution in [0, 0.1) is 0 Å². The van der Waals surface area contributed by atoms with Crippen LogP contribution in [0.3, 0.4) is 0 Å². The topological polar surface area (TPSA) is 11.4 Å². The Morgan fingerprint density at radius 1 is 0.314 bits per heavy atom. The Kier molecular flexibility index (Phi) is 8.33. The minimum absolute atomic E-state index is 0.0142. The SMILES string of the molecule is c1ccc(-c2sc3ccccc3c2N2c3cc(-n4c5ccccc5c5ccccc54)cc4c3B(c3sc5ccccc5c32)c2sc3ccccc3c2N4c2c(-c3ccccc3)sc3ccccc23)cc1. The third-order valence-corrected chi connectivity index (χ3v) is 19.4. The van der Waals surface area contributed by atoms with Crippen molar-refractivity contribution < 1.29 is 0 Å². The van der Waals surface area contributed by atoms with Crippen molar-refractivity contribution >= 4 is 163 Å². The number of hydrogen-bond acceptors (Lipinski definition) is 6. The van der Waals surface area contributed by atoms with Crippen molar-refractivity contribution in [1.82, 2.24) is 4.57 Å². The van der Waals surface area contributed by atoms with Gasteiger partial charge in [-0.2, -0.15) is 0 Å². The second-order valence-electron chi connectivity index (χ2n) is 18.3. The Morgan fingerprint density at radius 2 is 0.657 bits per heavy atom. The van der Waals surface area contributed by atoms with Crippen LogP contribution in [0.2, 0.25) is 0 Å². The highest BCUT2D eigenvalue weighted by Crippen LogP contribution is 2.58. The molecule has 9 aromatic carbocycles. The maximum atomic E-state index is 2.71. The van der Waals surface area contributed by atoms with E-state index in [1.54, 1.807) is 0 Å². The van der Waals surface area contributed by atoms with Crippen LogP contribution in [0.1, 0.15) is 0 Å². The first-order valence-electron chi connectivity index (χ1n) is 23.7. The zero-order chi connectivity index (χ0) is 45.6. The highest BCUT2D eigenvalue weighted by atomic mass is 32.1. The maximum absolute atomic E-state index is 2.71. The fourth-order valence-corrected chi connectivity index (χ4v) is 16.8. The number of aromatic nitrogens is 1. The zero-order valence-electron chi connectivity index (χ0n) is 37.3. The number of para-hydroxylation sites is 2. The molecule has 2 aliphatic rings. The molecule has 3 nitrogen and oxygen atoms in total. The molecule has 0 fully saturated rings. The summed E-state index contributed by atoms with van der Waals surface area (Å²) in [5.41, 5.74) is 14.8. The standard InChI is InChI=1S/C62H36BN3S4/c1-3-19-37(20-4-1)59-55(42-25-9-15-31-50(42)67-59)65-48-35-39(64-46-29-13-7-23-40(46)41-24-8-14-30-47(41)64)36-49-54(48)63(61-57(65)44-27-11-17-33-52(44)69-61)62-58(45-28-12-18-34-53(45)70-62)66(49)56-43-26-10-16-32-51(43)68-60(56)38-21-5-2-6-22-38/h1-36H. The summed E-state index contributed by atoms with van der Waals surface area (Å²) in [6, 6.07) is 81.5. The predicted octanol–water partition coefficient (Wildman–Crippen LogP) is 17.1. The van der Waals surface area contributed by atoms with Crippen LogP contribution >= 0.6 is 45.3 Å². The first-order valence-corrected chi connectivity index (χ1v) is 27.0. The number of nitrogens with zero attached hydrogens (tertiary/aromatic N) is 3. The Morgan fingerprint density at radius 3 is 1.09 bits per heavy atom. The van der Waals surface area contributed by atoms with Gasteiger partial charge in [0.2, 0.25) is 0 Å². The molecule has 0 N–H and O–H groups in total. The van der Waals surface area contributed by atoms with Gasteiger partial charge in [-0.3, -0.25) is 0 Å². The first kappa shape index (κ1) is 39.2. The number of anilines is 6. The molecule has 0 saturated carbocycles. The number of rotatable bonds is 5. The van der Waals surface area contributed by atoms with Crippen LogP contribution in [0.4, 0.5) is 34.1 Å². The highest BCUT2D eigenvalue weighted by Gasteiger charge is 2.48. The highest BCUT2D eigenvalue weighted by molar-refractivity contribution is 7.41. The molecule has 0 bridgehead atoms.